The number of benzene rings is 1. The van der Waals surface area contributed by atoms with Crippen LogP contribution in [0.25, 0.3) is 0 Å². The van der Waals surface area contributed by atoms with Crippen LogP contribution in [0.1, 0.15) is 29.6 Å². The molecule has 0 radical (unpaired) electrons. The molecule has 124 valence electrons. The minimum absolute atomic E-state index is 0.255. The van der Waals surface area contributed by atoms with Gasteiger partial charge in [-0.25, -0.2) is 4.79 Å². The molecule has 1 saturated carbocycles. The molecule has 1 aliphatic rings. The van der Waals surface area contributed by atoms with Gasteiger partial charge < -0.3 is 20.5 Å². The predicted molar refractivity (Wildman–Crippen MR) is 82.8 cm³/mol. The number of aliphatic hydroxyl groups is 1. The average Bonchev–Trinajstić information content (AvgIpc) is 3.39. The SMILES string of the molecule is COC(=O)c1ccc(NC(=O)C(=O)NCC[C@@H](O)C2CC2)cc1. The van der Waals surface area contributed by atoms with Crippen LogP contribution >= 0.6 is 0 Å². The zero-order valence-electron chi connectivity index (χ0n) is 12.9. The Balaban J connectivity index is 1.76. The van der Waals surface area contributed by atoms with Crippen LogP contribution in [0, 0.1) is 5.92 Å². The molecule has 0 aromatic heterocycles. The van der Waals surface area contributed by atoms with Crippen LogP contribution in [0.3, 0.4) is 0 Å². The molecule has 1 fully saturated rings. The van der Waals surface area contributed by atoms with Gasteiger partial charge in [0.25, 0.3) is 0 Å². The highest BCUT2D eigenvalue weighted by atomic mass is 16.5. The molecular formula is C16H20N2O5. The number of amides is 2. The largest absolute Gasteiger partial charge is 0.465 e. The summed E-state index contributed by atoms with van der Waals surface area (Å²) in [5, 5.41) is 14.6. The number of carbonyl (C=O) groups is 3. The molecule has 0 spiro atoms. The quantitative estimate of drug-likeness (QED) is 0.528. The Morgan fingerprint density at radius 1 is 1.22 bits per heavy atom. The third kappa shape index (κ3) is 5.07. The van der Waals surface area contributed by atoms with Crippen molar-refractivity contribution < 1.29 is 24.2 Å². The lowest BCUT2D eigenvalue weighted by molar-refractivity contribution is -0.136. The number of methoxy groups -OCH3 is 1. The van der Waals surface area contributed by atoms with Gasteiger partial charge in [-0.15, -0.1) is 0 Å². The van der Waals surface area contributed by atoms with Gasteiger partial charge in [-0.05, 0) is 49.4 Å². The maximum absolute atomic E-state index is 11.7. The summed E-state index contributed by atoms with van der Waals surface area (Å²) in [5.41, 5.74) is 0.750. The first-order valence-corrected chi connectivity index (χ1v) is 7.47. The number of nitrogens with one attached hydrogen (secondary N) is 2. The van der Waals surface area contributed by atoms with Crippen molar-refractivity contribution in [1.82, 2.24) is 5.32 Å². The van der Waals surface area contributed by atoms with E-state index in [2.05, 4.69) is 15.4 Å². The smallest absolute Gasteiger partial charge is 0.337 e. The molecule has 0 unspecified atom stereocenters. The van der Waals surface area contributed by atoms with E-state index in [0.29, 0.717) is 23.6 Å². The maximum Gasteiger partial charge on any atom is 0.337 e. The van der Waals surface area contributed by atoms with E-state index in [1.54, 1.807) is 0 Å². The number of ether oxygens (including phenoxy) is 1. The number of aliphatic hydroxyl groups excluding tert-OH is 1. The standard InChI is InChI=1S/C16H20N2O5/c1-23-16(22)11-4-6-12(7-5-11)18-15(21)14(20)17-9-8-13(19)10-2-3-10/h4-7,10,13,19H,2-3,8-9H2,1H3,(H,17,20)(H,18,21)/t13-/m1/s1. The molecule has 1 aliphatic carbocycles. The van der Waals surface area contributed by atoms with Crippen molar-refractivity contribution in [2.75, 3.05) is 19.0 Å². The lowest BCUT2D eigenvalue weighted by atomic mass is 10.1. The van der Waals surface area contributed by atoms with E-state index in [-0.39, 0.29) is 6.54 Å². The molecule has 0 saturated heterocycles. The van der Waals surface area contributed by atoms with Gasteiger partial charge in [-0.3, -0.25) is 9.59 Å². The Hall–Kier alpha value is -2.41. The molecule has 2 amide bonds. The van der Waals surface area contributed by atoms with Crippen molar-refractivity contribution in [3.05, 3.63) is 29.8 Å². The molecule has 23 heavy (non-hydrogen) atoms. The molecule has 2 rings (SSSR count). The Kier molecular flexibility index (Phi) is 5.70. The third-order valence-electron chi connectivity index (χ3n) is 3.66. The Morgan fingerprint density at radius 2 is 1.87 bits per heavy atom. The van der Waals surface area contributed by atoms with Crippen LogP contribution in [0.2, 0.25) is 0 Å². The van der Waals surface area contributed by atoms with Crippen LogP contribution < -0.4 is 10.6 Å². The van der Waals surface area contributed by atoms with E-state index >= 15 is 0 Å². The minimum atomic E-state index is -0.795. The van der Waals surface area contributed by atoms with Crippen molar-refractivity contribution in [1.29, 1.82) is 0 Å². The Bertz CT molecular complexity index is 581. The summed E-state index contributed by atoms with van der Waals surface area (Å²) in [6, 6.07) is 6.00. The molecule has 0 bridgehead atoms. The van der Waals surface area contributed by atoms with Crippen molar-refractivity contribution in [3.8, 4) is 0 Å². The summed E-state index contributed by atoms with van der Waals surface area (Å²) in [6.07, 6.45) is 2.08. The van der Waals surface area contributed by atoms with Crippen LogP contribution in [0.5, 0.6) is 0 Å². The Labute approximate surface area is 134 Å². The minimum Gasteiger partial charge on any atom is -0.465 e. The van der Waals surface area contributed by atoms with Gasteiger partial charge in [0.2, 0.25) is 0 Å². The monoisotopic (exact) mass is 320 g/mol. The number of anilines is 1. The summed E-state index contributed by atoms with van der Waals surface area (Å²) in [4.78, 5) is 34.7. The first-order valence-electron chi connectivity index (χ1n) is 7.47. The highest BCUT2D eigenvalue weighted by Crippen LogP contribution is 2.33. The summed E-state index contributed by atoms with van der Waals surface area (Å²) in [6.45, 7) is 0.255. The molecule has 1 aromatic rings. The summed E-state index contributed by atoms with van der Waals surface area (Å²) < 4.78 is 4.57. The third-order valence-corrected chi connectivity index (χ3v) is 3.66. The lowest BCUT2D eigenvalue weighted by Crippen LogP contribution is -2.37. The lowest BCUT2D eigenvalue weighted by Gasteiger charge is -2.10. The number of carbonyl (C=O) groups excluding carboxylic acids is 3. The van der Waals surface area contributed by atoms with Crippen LogP contribution in [-0.2, 0) is 14.3 Å². The van der Waals surface area contributed by atoms with E-state index < -0.39 is 23.9 Å². The van der Waals surface area contributed by atoms with Gasteiger partial charge >= 0.3 is 17.8 Å². The van der Waals surface area contributed by atoms with Crippen molar-refractivity contribution in [3.63, 3.8) is 0 Å². The van der Waals surface area contributed by atoms with Crippen LogP contribution in [-0.4, -0.2) is 42.6 Å². The number of rotatable bonds is 6. The summed E-state index contributed by atoms with van der Waals surface area (Å²) >= 11 is 0. The fourth-order valence-corrected chi connectivity index (χ4v) is 2.13. The van der Waals surface area contributed by atoms with Gasteiger partial charge in [-0.2, -0.15) is 0 Å². The van der Waals surface area contributed by atoms with Crippen LogP contribution in [0.4, 0.5) is 5.69 Å². The molecule has 3 N–H and O–H groups in total. The van der Waals surface area contributed by atoms with Crippen LogP contribution in [0.15, 0.2) is 24.3 Å². The van der Waals surface area contributed by atoms with Gasteiger partial charge in [0.15, 0.2) is 0 Å². The number of hydrogen-bond donors (Lipinski definition) is 3. The second-order valence-electron chi connectivity index (χ2n) is 5.47. The number of esters is 1. The van der Waals surface area contributed by atoms with E-state index in [9.17, 15) is 19.5 Å². The molecular weight excluding hydrogens is 300 g/mol. The summed E-state index contributed by atoms with van der Waals surface area (Å²) in [5.74, 6) is -1.69. The molecule has 1 atom stereocenters. The van der Waals surface area contributed by atoms with E-state index in [1.165, 1.54) is 31.4 Å². The van der Waals surface area contributed by atoms with Crippen molar-refractivity contribution in [2.45, 2.75) is 25.4 Å². The second kappa shape index (κ2) is 7.73. The van der Waals surface area contributed by atoms with Gasteiger partial charge in [0.1, 0.15) is 0 Å². The normalized spacial score (nSPS) is 14.7. The number of hydrogen-bond acceptors (Lipinski definition) is 5. The van der Waals surface area contributed by atoms with Gasteiger partial charge in [-0.1, -0.05) is 0 Å². The highest BCUT2D eigenvalue weighted by Gasteiger charge is 2.29. The molecule has 7 nitrogen and oxygen atoms in total. The molecule has 7 heteroatoms. The second-order valence-corrected chi connectivity index (χ2v) is 5.47. The molecule has 0 aliphatic heterocycles. The topological polar surface area (TPSA) is 105 Å². The zero-order valence-corrected chi connectivity index (χ0v) is 12.9. The van der Waals surface area contributed by atoms with Gasteiger partial charge in [0.05, 0.1) is 18.8 Å². The van der Waals surface area contributed by atoms with E-state index in [4.69, 9.17) is 0 Å². The average molecular weight is 320 g/mol. The van der Waals surface area contributed by atoms with Crippen molar-refractivity contribution >= 4 is 23.5 Å². The van der Waals surface area contributed by atoms with Gasteiger partial charge in [0, 0.05) is 12.2 Å². The molecule has 0 heterocycles. The van der Waals surface area contributed by atoms with E-state index in [1.807, 2.05) is 0 Å². The first kappa shape index (κ1) is 17.0. The molecule has 1 aromatic carbocycles. The fourth-order valence-electron chi connectivity index (χ4n) is 2.13. The van der Waals surface area contributed by atoms with Crippen molar-refractivity contribution in [2.24, 2.45) is 5.92 Å². The Morgan fingerprint density at radius 3 is 2.43 bits per heavy atom. The zero-order chi connectivity index (χ0) is 16.8. The van der Waals surface area contributed by atoms with E-state index in [0.717, 1.165) is 12.8 Å². The highest BCUT2D eigenvalue weighted by molar-refractivity contribution is 6.39. The first-order chi connectivity index (χ1) is 11.0. The maximum atomic E-state index is 11.7. The predicted octanol–water partition coefficient (Wildman–Crippen LogP) is 0.689. The fraction of sp³-hybridized carbons (Fsp3) is 0.438. The summed E-state index contributed by atoms with van der Waals surface area (Å²) in [7, 11) is 1.28.